The number of fused-ring (bicyclic) bond motifs is 1. The van der Waals surface area contributed by atoms with E-state index in [1.54, 1.807) is 0 Å². The molecule has 2 heterocycles. The van der Waals surface area contributed by atoms with Crippen molar-refractivity contribution in [3.8, 4) is 12.3 Å². The van der Waals surface area contributed by atoms with Crippen LogP contribution in [0.5, 0.6) is 0 Å². The molecule has 0 aliphatic heterocycles. The summed E-state index contributed by atoms with van der Waals surface area (Å²) >= 11 is 0. The number of nitrogen functional groups attached to an aromatic ring is 1. The molecule has 0 saturated heterocycles. The first kappa shape index (κ1) is 9.60. The highest BCUT2D eigenvalue weighted by atomic mass is 15.0. The van der Waals surface area contributed by atoms with Crippen molar-refractivity contribution in [2.24, 2.45) is 0 Å². The molecule has 0 atom stereocenters. The number of nitrogens with zero attached hydrogens (tertiary/aromatic N) is 2. The van der Waals surface area contributed by atoms with Crippen molar-refractivity contribution in [2.75, 3.05) is 5.73 Å². The van der Waals surface area contributed by atoms with Crippen LogP contribution in [0, 0.1) is 26.2 Å². The lowest BCUT2D eigenvalue weighted by atomic mass is 10.2. The first-order chi connectivity index (χ1) is 7.15. The molecule has 0 unspecified atom stereocenters. The lowest BCUT2D eigenvalue weighted by Gasteiger charge is -2.05. The molecule has 3 nitrogen and oxygen atoms in total. The summed E-state index contributed by atoms with van der Waals surface area (Å²) in [5, 5.41) is 0. The van der Waals surface area contributed by atoms with Crippen LogP contribution in [0.15, 0.2) is 12.1 Å². The number of nitrogens with two attached hydrogens (primary N) is 1. The van der Waals surface area contributed by atoms with Gasteiger partial charge in [-0.25, -0.2) is 4.98 Å². The summed E-state index contributed by atoms with van der Waals surface area (Å²) < 4.78 is 2.03. The van der Waals surface area contributed by atoms with Gasteiger partial charge in [-0.15, -0.1) is 12.3 Å². The van der Waals surface area contributed by atoms with E-state index in [0.717, 1.165) is 22.7 Å². The molecule has 2 aromatic rings. The Labute approximate surface area is 88.9 Å². The van der Waals surface area contributed by atoms with Gasteiger partial charge in [0.15, 0.2) is 5.65 Å². The third-order valence-electron chi connectivity index (χ3n) is 2.56. The van der Waals surface area contributed by atoms with Gasteiger partial charge < -0.3 is 5.73 Å². The molecule has 15 heavy (non-hydrogen) atoms. The zero-order chi connectivity index (χ0) is 11.0. The largest absolute Gasteiger partial charge is 0.396 e. The molecule has 2 rings (SSSR count). The third kappa shape index (κ3) is 1.35. The molecule has 0 spiro atoms. The van der Waals surface area contributed by atoms with Crippen LogP contribution in [-0.2, 0) is 6.42 Å². The number of imidazole rings is 1. The highest BCUT2D eigenvalue weighted by Gasteiger charge is 2.11. The van der Waals surface area contributed by atoms with Crippen LogP contribution >= 0.6 is 0 Å². The summed E-state index contributed by atoms with van der Waals surface area (Å²) in [6, 6.07) is 3.85. The van der Waals surface area contributed by atoms with Gasteiger partial charge >= 0.3 is 0 Å². The van der Waals surface area contributed by atoms with Gasteiger partial charge in [0.2, 0.25) is 0 Å². The van der Waals surface area contributed by atoms with Crippen molar-refractivity contribution in [1.29, 1.82) is 0 Å². The Kier molecular flexibility index (Phi) is 2.12. The van der Waals surface area contributed by atoms with Gasteiger partial charge in [-0.1, -0.05) is 0 Å². The van der Waals surface area contributed by atoms with E-state index in [2.05, 4.69) is 10.9 Å². The van der Waals surface area contributed by atoms with E-state index in [1.165, 1.54) is 0 Å². The Balaban J connectivity index is 2.87. The van der Waals surface area contributed by atoms with Gasteiger partial charge in [0.05, 0.1) is 23.5 Å². The van der Waals surface area contributed by atoms with E-state index in [9.17, 15) is 0 Å². The predicted molar refractivity (Wildman–Crippen MR) is 61.6 cm³/mol. The fraction of sp³-hybridized carbons (Fsp3) is 0.250. The summed E-state index contributed by atoms with van der Waals surface area (Å²) in [5.74, 6) is 2.65. The predicted octanol–water partition coefficient (Wildman–Crippen LogP) is 1.71. The third-order valence-corrected chi connectivity index (χ3v) is 2.56. The molecule has 0 bridgehead atoms. The molecule has 0 saturated carbocycles. The molecule has 0 radical (unpaired) electrons. The maximum atomic E-state index is 5.87. The number of aromatic nitrogens is 2. The van der Waals surface area contributed by atoms with Crippen LogP contribution in [0.3, 0.4) is 0 Å². The Morgan fingerprint density at radius 3 is 2.87 bits per heavy atom. The highest BCUT2D eigenvalue weighted by molar-refractivity contribution is 5.66. The summed E-state index contributed by atoms with van der Waals surface area (Å²) in [6.07, 6.45) is 5.93. The summed E-state index contributed by atoms with van der Waals surface area (Å²) in [5.41, 5.74) is 10.5. The van der Waals surface area contributed by atoms with Crippen molar-refractivity contribution >= 4 is 11.3 Å². The normalized spacial score (nSPS) is 10.5. The van der Waals surface area contributed by atoms with Crippen LogP contribution < -0.4 is 5.73 Å². The number of hydrogen-bond donors (Lipinski definition) is 1. The molecular formula is C12H13N3. The molecule has 0 aliphatic carbocycles. The van der Waals surface area contributed by atoms with Gasteiger partial charge in [0.25, 0.3) is 0 Å². The second-order valence-corrected chi connectivity index (χ2v) is 3.61. The maximum absolute atomic E-state index is 5.87. The first-order valence-electron chi connectivity index (χ1n) is 4.81. The quantitative estimate of drug-likeness (QED) is 0.710. The Morgan fingerprint density at radius 2 is 2.20 bits per heavy atom. The van der Waals surface area contributed by atoms with E-state index >= 15 is 0 Å². The van der Waals surface area contributed by atoms with E-state index < -0.39 is 0 Å². The van der Waals surface area contributed by atoms with Gasteiger partial charge in [-0.05, 0) is 26.0 Å². The van der Waals surface area contributed by atoms with E-state index in [4.69, 9.17) is 12.2 Å². The van der Waals surface area contributed by atoms with Gasteiger partial charge in [-0.2, -0.15) is 0 Å². The lowest BCUT2D eigenvalue weighted by molar-refractivity contribution is 0.999. The Hall–Kier alpha value is -1.95. The monoisotopic (exact) mass is 199 g/mol. The highest BCUT2D eigenvalue weighted by Crippen LogP contribution is 2.20. The van der Waals surface area contributed by atoms with Crippen molar-refractivity contribution < 1.29 is 0 Å². The second kappa shape index (κ2) is 3.32. The minimum absolute atomic E-state index is 0.581. The van der Waals surface area contributed by atoms with E-state index in [1.807, 2.05) is 30.4 Å². The maximum Gasteiger partial charge on any atom is 0.160 e. The molecule has 2 aromatic heterocycles. The number of hydrogen-bond acceptors (Lipinski definition) is 2. The number of pyridine rings is 1. The van der Waals surface area contributed by atoms with Crippen molar-refractivity contribution in [3.63, 3.8) is 0 Å². The Morgan fingerprint density at radius 1 is 1.47 bits per heavy atom. The molecular weight excluding hydrogens is 186 g/mol. The standard InChI is InChI=1S/C12H13N3/c1-4-5-11-9(3)14-12-10(13)7-6-8(2)15(11)12/h1,6-7H,5,13H2,2-3H3. The summed E-state index contributed by atoms with van der Waals surface area (Å²) in [7, 11) is 0. The number of terminal acetylenes is 1. The SMILES string of the molecule is C#CCc1c(C)nc2c(N)ccc(C)n12. The van der Waals surface area contributed by atoms with Crippen molar-refractivity contribution in [1.82, 2.24) is 9.38 Å². The number of aryl methyl sites for hydroxylation is 2. The van der Waals surface area contributed by atoms with Crippen LogP contribution in [-0.4, -0.2) is 9.38 Å². The van der Waals surface area contributed by atoms with E-state index in [0.29, 0.717) is 12.1 Å². The molecule has 0 aromatic carbocycles. The fourth-order valence-electron chi connectivity index (χ4n) is 1.80. The molecule has 2 N–H and O–H groups in total. The summed E-state index contributed by atoms with van der Waals surface area (Å²) in [4.78, 5) is 4.43. The minimum atomic E-state index is 0.581. The lowest BCUT2D eigenvalue weighted by Crippen LogP contribution is -1.99. The smallest absolute Gasteiger partial charge is 0.160 e. The van der Waals surface area contributed by atoms with Crippen molar-refractivity contribution in [3.05, 3.63) is 29.2 Å². The first-order valence-corrected chi connectivity index (χ1v) is 4.81. The topological polar surface area (TPSA) is 43.3 Å². The van der Waals surface area contributed by atoms with E-state index in [-0.39, 0.29) is 0 Å². The van der Waals surface area contributed by atoms with Gasteiger partial charge in [0, 0.05) is 5.69 Å². The van der Waals surface area contributed by atoms with Crippen LogP contribution in [0.4, 0.5) is 5.69 Å². The average molecular weight is 199 g/mol. The van der Waals surface area contributed by atoms with Crippen molar-refractivity contribution in [2.45, 2.75) is 20.3 Å². The molecule has 0 amide bonds. The second-order valence-electron chi connectivity index (χ2n) is 3.61. The Bertz CT molecular complexity index is 558. The summed E-state index contributed by atoms with van der Waals surface area (Å²) in [6.45, 7) is 3.98. The molecule has 0 fully saturated rings. The molecule has 0 aliphatic rings. The van der Waals surface area contributed by atoms with Crippen LogP contribution in [0.1, 0.15) is 17.1 Å². The zero-order valence-electron chi connectivity index (χ0n) is 8.91. The van der Waals surface area contributed by atoms with Gasteiger partial charge in [0.1, 0.15) is 0 Å². The molecule has 3 heteroatoms. The van der Waals surface area contributed by atoms with Crippen LogP contribution in [0.25, 0.3) is 5.65 Å². The average Bonchev–Trinajstić information content (AvgIpc) is 2.53. The molecule has 76 valence electrons. The zero-order valence-corrected chi connectivity index (χ0v) is 8.91. The van der Waals surface area contributed by atoms with Gasteiger partial charge in [-0.3, -0.25) is 4.40 Å². The number of rotatable bonds is 1. The van der Waals surface area contributed by atoms with Crippen LogP contribution in [0.2, 0.25) is 0 Å². The fourth-order valence-corrected chi connectivity index (χ4v) is 1.80. The number of anilines is 1. The minimum Gasteiger partial charge on any atom is -0.396 e.